The quantitative estimate of drug-likeness (QED) is 0.508. The molecule has 0 saturated carbocycles. The van der Waals surface area contributed by atoms with Crippen LogP contribution in [-0.4, -0.2) is 38.1 Å². The summed E-state index contributed by atoms with van der Waals surface area (Å²) >= 11 is 0. The Morgan fingerprint density at radius 1 is 0.781 bits per heavy atom. The van der Waals surface area contributed by atoms with E-state index in [4.69, 9.17) is 4.74 Å². The van der Waals surface area contributed by atoms with Gasteiger partial charge in [0.15, 0.2) is 0 Å². The summed E-state index contributed by atoms with van der Waals surface area (Å²) in [5, 5.41) is 5.96. The minimum Gasteiger partial charge on any atom is -0.378 e. The molecule has 0 heterocycles. The zero-order valence-electron chi connectivity index (χ0n) is 20.1. The molecule has 2 atom stereocenters. The van der Waals surface area contributed by atoms with Gasteiger partial charge in [0.2, 0.25) is 11.8 Å². The summed E-state index contributed by atoms with van der Waals surface area (Å²) in [4.78, 5) is 25.5. The fourth-order valence-corrected chi connectivity index (χ4v) is 4.00. The molecule has 2 unspecified atom stereocenters. The molecule has 0 radical (unpaired) electrons. The minimum absolute atomic E-state index is 0.00300. The lowest BCUT2D eigenvalue weighted by atomic mass is 9.76. The number of benzene rings is 2. The highest BCUT2D eigenvalue weighted by Crippen LogP contribution is 2.35. The Balaban J connectivity index is 1.72. The summed E-state index contributed by atoms with van der Waals surface area (Å²) < 4.78 is 5.62. The normalized spacial score (nSPS) is 13.4. The Hall–Kier alpha value is -2.66. The van der Waals surface area contributed by atoms with Gasteiger partial charge >= 0.3 is 0 Å². The molecule has 2 aromatic carbocycles. The third kappa shape index (κ3) is 7.79. The number of hydrogen-bond acceptors (Lipinski definition) is 3. The number of carbonyl (C=O) groups is 2. The molecule has 0 aliphatic heterocycles. The van der Waals surface area contributed by atoms with E-state index in [0.717, 1.165) is 11.1 Å². The first-order chi connectivity index (χ1) is 15.2. The van der Waals surface area contributed by atoms with Crippen molar-refractivity contribution in [2.45, 2.75) is 46.5 Å². The smallest absolute Gasteiger partial charge is 0.228 e. The van der Waals surface area contributed by atoms with E-state index in [0.29, 0.717) is 26.3 Å². The number of ether oxygens (including phenoxy) is 1. The molecule has 2 rings (SSSR count). The molecular formula is C27H38N2O3. The van der Waals surface area contributed by atoms with Crippen LogP contribution in [0.5, 0.6) is 0 Å². The van der Waals surface area contributed by atoms with Crippen molar-refractivity contribution in [2.24, 2.45) is 11.3 Å². The van der Waals surface area contributed by atoms with Crippen LogP contribution in [0.2, 0.25) is 0 Å². The van der Waals surface area contributed by atoms with Crippen LogP contribution in [0.3, 0.4) is 0 Å². The molecule has 5 heteroatoms. The lowest BCUT2D eigenvalue weighted by Gasteiger charge is -2.30. The van der Waals surface area contributed by atoms with Gasteiger partial charge in [0.05, 0.1) is 25.0 Å². The Morgan fingerprint density at radius 3 is 1.72 bits per heavy atom. The molecule has 0 aliphatic rings. The average Bonchev–Trinajstić information content (AvgIpc) is 2.73. The van der Waals surface area contributed by atoms with Crippen molar-refractivity contribution in [3.63, 3.8) is 0 Å². The Kier molecular flexibility index (Phi) is 9.92. The summed E-state index contributed by atoms with van der Waals surface area (Å²) in [6.07, 6.45) is 0. The molecule has 2 N–H and O–H groups in total. The van der Waals surface area contributed by atoms with E-state index < -0.39 is 0 Å². The van der Waals surface area contributed by atoms with Crippen LogP contribution in [0.1, 0.15) is 57.6 Å². The van der Waals surface area contributed by atoms with Gasteiger partial charge in [-0.05, 0) is 22.5 Å². The average molecular weight is 439 g/mol. The van der Waals surface area contributed by atoms with Crippen molar-refractivity contribution in [2.75, 3.05) is 26.3 Å². The predicted octanol–water partition coefficient (Wildman–Crippen LogP) is 4.51. The molecule has 0 spiro atoms. The minimum atomic E-state index is -0.228. The molecule has 2 aromatic rings. The molecule has 2 amide bonds. The first-order valence-corrected chi connectivity index (χ1v) is 11.4. The molecule has 0 saturated heterocycles. The Morgan fingerprint density at radius 2 is 1.25 bits per heavy atom. The Bertz CT molecular complexity index is 829. The Labute approximate surface area is 192 Å². The molecule has 0 aromatic heterocycles. The van der Waals surface area contributed by atoms with Gasteiger partial charge < -0.3 is 15.4 Å². The first kappa shape index (κ1) is 25.6. The van der Waals surface area contributed by atoms with Gasteiger partial charge in [-0.25, -0.2) is 0 Å². The van der Waals surface area contributed by atoms with Crippen molar-refractivity contribution < 1.29 is 14.3 Å². The zero-order valence-corrected chi connectivity index (χ0v) is 20.1. The number of carbonyl (C=O) groups excluding carboxylic acids is 2. The van der Waals surface area contributed by atoms with Gasteiger partial charge in [0.1, 0.15) is 0 Å². The fraction of sp³-hybridized carbons (Fsp3) is 0.481. The number of rotatable bonds is 11. The van der Waals surface area contributed by atoms with Crippen LogP contribution < -0.4 is 10.6 Å². The van der Waals surface area contributed by atoms with Crippen molar-refractivity contribution in [1.29, 1.82) is 0 Å². The maximum absolute atomic E-state index is 12.8. The molecule has 5 nitrogen and oxygen atoms in total. The number of nitrogens with one attached hydrogen (secondary N) is 2. The zero-order chi connectivity index (χ0) is 23.6. The van der Waals surface area contributed by atoms with E-state index in [-0.39, 0.29) is 35.0 Å². The molecule has 174 valence electrons. The van der Waals surface area contributed by atoms with Gasteiger partial charge in [-0.1, -0.05) is 95.3 Å². The van der Waals surface area contributed by atoms with E-state index in [1.807, 2.05) is 60.7 Å². The second kappa shape index (κ2) is 12.4. The van der Waals surface area contributed by atoms with Crippen LogP contribution >= 0.6 is 0 Å². The number of hydrogen-bond donors (Lipinski definition) is 2. The van der Waals surface area contributed by atoms with E-state index in [1.165, 1.54) is 0 Å². The van der Waals surface area contributed by atoms with Gasteiger partial charge in [0, 0.05) is 13.1 Å². The number of amides is 2. The monoisotopic (exact) mass is 438 g/mol. The molecule has 0 fully saturated rings. The van der Waals surface area contributed by atoms with E-state index >= 15 is 0 Å². The summed E-state index contributed by atoms with van der Waals surface area (Å²) in [5.41, 5.74) is 1.84. The molecular weight excluding hydrogens is 400 g/mol. The summed E-state index contributed by atoms with van der Waals surface area (Å²) in [6, 6.07) is 19.7. The highest BCUT2D eigenvalue weighted by molar-refractivity contribution is 5.84. The largest absolute Gasteiger partial charge is 0.378 e. The van der Waals surface area contributed by atoms with E-state index in [9.17, 15) is 9.59 Å². The summed E-state index contributed by atoms with van der Waals surface area (Å²) in [5.74, 6) is -0.187. The lowest BCUT2D eigenvalue weighted by Crippen LogP contribution is -2.38. The molecule has 0 bridgehead atoms. The van der Waals surface area contributed by atoms with Gasteiger partial charge in [-0.3, -0.25) is 9.59 Å². The van der Waals surface area contributed by atoms with Crippen molar-refractivity contribution in [1.82, 2.24) is 10.6 Å². The summed E-state index contributed by atoms with van der Waals surface area (Å²) in [7, 11) is 0. The molecule has 0 aliphatic carbocycles. The lowest BCUT2D eigenvalue weighted by molar-refractivity contribution is -0.125. The van der Waals surface area contributed by atoms with E-state index in [1.54, 1.807) is 0 Å². The highest BCUT2D eigenvalue weighted by atomic mass is 16.5. The maximum atomic E-state index is 12.8. The molecule has 32 heavy (non-hydrogen) atoms. The predicted molar refractivity (Wildman–Crippen MR) is 129 cm³/mol. The van der Waals surface area contributed by atoms with Crippen LogP contribution in [-0.2, 0) is 14.3 Å². The SMILES string of the molecule is CC(C)C(C(=O)NCCOCCNC(=O)C(c1ccccc1)C(C)(C)C)c1ccccc1. The van der Waals surface area contributed by atoms with Crippen molar-refractivity contribution in [3.05, 3.63) is 71.8 Å². The van der Waals surface area contributed by atoms with Crippen LogP contribution in [0.4, 0.5) is 0 Å². The van der Waals surface area contributed by atoms with Gasteiger partial charge in [-0.15, -0.1) is 0 Å². The van der Waals surface area contributed by atoms with Crippen molar-refractivity contribution >= 4 is 11.8 Å². The van der Waals surface area contributed by atoms with Crippen molar-refractivity contribution in [3.8, 4) is 0 Å². The standard InChI is InChI=1S/C27H38N2O3/c1-20(2)23(21-12-8-6-9-13-21)25(30)28-16-18-32-19-17-29-26(31)24(27(3,4)5)22-14-10-7-11-15-22/h6-15,20,23-24H,16-19H2,1-5H3,(H,28,30)(H,29,31). The topological polar surface area (TPSA) is 67.4 Å². The second-order valence-corrected chi connectivity index (χ2v) is 9.54. The maximum Gasteiger partial charge on any atom is 0.228 e. The van der Waals surface area contributed by atoms with Crippen LogP contribution in [0, 0.1) is 11.3 Å². The van der Waals surface area contributed by atoms with Gasteiger partial charge in [0.25, 0.3) is 0 Å². The third-order valence-corrected chi connectivity index (χ3v) is 5.46. The van der Waals surface area contributed by atoms with Gasteiger partial charge in [-0.2, -0.15) is 0 Å². The third-order valence-electron chi connectivity index (χ3n) is 5.46. The van der Waals surface area contributed by atoms with E-state index in [2.05, 4.69) is 45.3 Å². The fourth-order valence-electron chi connectivity index (χ4n) is 4.00. The van der Waals surface area contributed by atoms with Crippen LogP contribution in [0.25, 0.3) is 0 Å². The van der Waals surface area contributed by atoms with Crippen LogP contribution in [0.15, 0.2) is 60.7 Å². The second-order valence-electron chi connectivity index (χ2n) is 9.54. The first-order valence-electron chi connectivity index (χ1n) is 11.4. The summed E-state index contributed by atoms with van der Waals surface area (Å²) in [6.45, 7) is 12.0. The highest BCUT2D eigenvalue weighted by Gasteiger charge is 2.32.